The second-order valence-electron chi connectivity index (χ2n) is 3.19. The van der Waals surface area contributed by atoms with Crippen LogP contribution in [0.2, 0.25) is 6.04 Å². The maximum Gasteiger partial charge on any atom is 0.500 e. The van der Waals surface area contributed by atoms with Gasteiger partial charge >= 0.3 is 8.80 Å². The predicted octanol–water partition coefficient (Wildman–Crippen LogP) is 0.443. The van der Waals surface area contributed by atoms with Crippen molar-refractivity contribution in [3.63, 3.8) is 0 Å². The minimum Gasteiger partial charge on any atom is -0.393 e. The normalized spacial score (nSPS) is 11.8. The van der Waals surface area contributed by atoms with Crippen LogP contribution in [-0.4, -0.2) is 40.1 Å². The Kier molecular flexibility index (Phi) is 7.20. The summed E-state index contributed by atoms with van der Waals surface area (Å²) in [4.78, 5) is 0.581. The van der Waals surface area contributed by atoms with Crippen molar-refractivity contribution in [3.8, 4) is 0 Å². The molecule has 0 aliphatic heterocycles. The number of hydrogen-bond acceptors (Lipinski definition) is 5. The average Bonchev–Trinajstić information content (AvgIpc) is 2.24. The molecule has 0 unspecified atom stereocenters. The Morgan fingerprint density at radius 2 is 1.44 bits per heavy atom. The molecule has 8 heteroatoms. The Hall–Kier alpha value is -0.123. The van der Waals surface area contributed by atoms with Gasteiger partial charge in [-0.15, -0.1) is 0 Å². The van der Waals surface area contributed by atoms with Crippen LogP contribution in [0.3, 0.4) is 0 Å². The van der Waals surface area contributed by atoms with Gasteiger partial charge in [0.25, 0.3) is 0 Å². The number of rotatable bonds is 8. The van der Waals surface area contributed by atoms with E-state index in [1.54, 1.807) is 21.3 Å². The van der Waals surface area contributed by atoms with Crippen molar-refractivity contribution in [2.24, 2.45) is 17.4 Å². The largest absolute Gasteiger partial charge is 0.500 e. The van der Waals surface area contributed by atoms with Gasteiger partial charge in [0.1, 0.15) is 0 Å². The van der Waals surface area contributed by atoms with E-state index >= 15 is 0 Å². The molecule has 5 nitrogen and oxygen atoms in total. The second kappa shape index (κ2) is 7.25. The molecular weight excluding hydrogens is 264 g/mol. The molecule has 0 spiro atoms. The Bertz CT molecular complexity index is 239. The highest BCUT2D eigenvalue weighted by molar-refractivity contribution is 7.82. The Morgan fingerprint density at radius 3 is 1.69 bits per heavy atom. The van der Waals surface area contributed by atoms with Crippen molar-refractivity contribution in [2.75, 3.05) is 21.3 Å². The highest BCUT2D eigenvalue weighted by Crippen LogP contribution is 2.19. The SMILES string of the molecule is CO[Si](CCC(C(N)=S)C(N)=S)(OC)OC. The van der Waals surface area contributed by atoms with Gasteiger partial charge in [0.05, 0.1) is 15.9 Å². The van der Waals surface area contributed by atoms with E-state index in [0.717, 1.165) is 0 Å². The smallest absolute Gasteiger partial charge is 0.393 e. The highest BCUT2D eigenvalue weighted by Gasteiger charge is 2.38. The fraction of sp³-hybridized carbons (Fsp3) is 0.750. The summed E-state index contributed by atoms with van der Waals surface area (Å²) in [6, 6.07) is 0.565. The summed E-state index contributed by atoms with van der Waals surface area (Å²) in [6.07, 6.45) is 0.576. The number of nitrogens with two attached hydrogens (primary N) is 2. The maximum atomic E-state index is 5.55. The third-order valence-electron chi connectivity index (χ3n) is 2.36. The van der Waals surface area contributed by atoms with Crippen LogP contribution in [-0.2, 0) is 13.3 Å². The molecule has 0 heterocycles. The Labute approximate surface area is 108 Å². The van der Waals surface area contributed by atoms with Crippen molar-refractivity contribution in [3.05, 3.63) is 0 Å². The molecule has 16 heavy (non-hydrogen) atoms. The van der Waals surface area contributed by atoms with Crippen molar-refractivity contribution >= 4 is 43.2 Å². The van der Waals surface area contributed by atoms with Gasteiger partial charge in [0, 0.05) is 27.4 Å². The molecule has 0 aromatic carbocycles. The molecule has 0 aromatic heterocycles. The van der Waals surface area contributed by atoms with Gasteiger partial charge in [-0.3, -0.25) is 0 Å². The molecule has 0 saturated carbocycles. The number of hydrogen-bond donors (Lipinski definition) is 2. The molecule has 4 N–H and O–H groups in total. The second-order valence-corrected chi connectivity index (χ2v) is 7.22. The summed E-state index contributed by atoms with van der Waals surface area (Å²) in [7, 11) is 2.05. The molecule has 94 valence electrons. The van der Waals surface area contributed by atoms with Crippen LogP contribution in [0.5, 0.6) is 0 Å². The molecule has 0 amide bonds. The Morgan fingerprint density at radius 1 is 1.06 bits per heavy atom. The van der Waals surface area contributed by atoms with Gasteiger partial charge in [-0.05, 0) is 6.42 Å². The van der Waals surface area contributed by atoms with Gasteiger partial charge in [-0.2, -0.15) is 0 Å². The predicted molar refractivity (Wildman–Crippen MR) is 73.3 cm³/mol. The maximum absolute atomic E-state index is 5.55. The zero-order valence-electron chi connectivity index (χ0n) is 9.69. The molecule has 0 rings (SSSR count). The van der Waals surface area contributed by atoms with E-state index in [2.05, 4.69) is 0 Å². The molecule has 0 atom stereocenters. The first-order valence-electron chi connectivity index (χ1n) is 4.66. The molecular formula is C8H18N2O3S2Si. The molecule has 0 aliphatic carbocycles. The standard InChI is InChI=1S/C8H18N2O3S2Si/c1-11-16(12-2,13-3)5-4-6(7(9)14)8(10)15/h6H,4-5H2,1-3H3,(H2,9,14)(H2,10,15). The summed E-state index contributed by atoms with van der Waals surface area (Å²) in [5.41, 5.74) is 11.1. The van der Waals surface area contributed by atoms with E-state index in [1.807, 2.05) is 0 Å². The lowest BCUT2D eigenvalue weighted by atomic mass is 10.1. The molecule has 0 aliphatic rings. The lowest BCUT2D eigenvalue weighted by molar-refractivity contribution is 0.122. The molecule has 0 saturated heterocycles. The van der Waals surface area contributed by atoms with Crippen molar-refractivity contribution in [2.45, 2.75) is 12.5 Å². The van der Waals surface area contributed by atoms with E-state index in [-0.39, 0.29) is 5.92 Å². The highest BCUT2D eigenvalue weighted by atomic mass is 32.1. The van der Waals surface area contributed by atoms with Crippen molar-refractivity contribution < 1.29 is 13.3 Å². The van der Waals surface area contributed by atoms with Gasteiger partial charge in [-0.1, -0.05) is 24.4 Å². The molecule has 0 bridgehead atoms. The zero-order chi connectivity index (χ0) is 12.8. The summed E-state index contributed by atoms with van der Waals surface area (Å²) >= 11 is 9.79. The van der Waals surface area contributed by atoms with Crippen LogP contribution < -0.4 is 11.5 Å². The minimum atomic E-state index is -2.60. The summed E-state index contributed by atoms with van der Waals surface area (Å²) in [6.45, 7) is 0. The van der Waals surface area contributed by atoms with Gasteiger partial charge < -0.3 is 24.7 Å². The van der Waals surface area contributed by atoms with Crippen LogP contribution in [0, 0.1) is 5.92 Å². The third kappa shape index (κ3) is 4.40. The molecule has 0 radical (unpaired) electrons. The quantitative estimate of drug-likeness (QED) is 0.494. The molecule has 0 fully saturated rings. The van der Waals surface area contributed by atoms with Crippen LogP contribution in [0.25, 0.3) is 0 Å². The number of thiocarbonyl (C=S) groups is 2. The van der Waals surface area contributed by atoms with Crippen LogP contribution >= 0.6 is 24.4 Å². The van der Waals surface area contributed by atoms with Gasteiger partial charge in [0.15, 0.2) is 0 Å². The summed E-state index contributed by atoms with van der Waals surface area (Å²) < 4.78 is 15.8. The average molecular weight is 282 g/mol. The summed E-state index contributed by atoms with van der Waals surface area (Å²) in [5, 5.41) is 0. The van der Waals surface area contributed by atoms with E-state index in [1.165, 1.54) is 0 Å². The van der Waals surface area contributed by atoms with Crippen molar-refractivity contribution in [1.82, 2.24) is 0 Å². The van der Waals surface area contributed by atoms with Gasteiger partial charge in [-0.25, -0.2) is 0 Å². The topological polar surface area (TPSA) is 79.7 Å². The fourth-order valence-corrected chi connectivity index (χ4v) is 3.62. The lowest BCUT2D eigenvalue weighted by Gasteiger charge is -2.25. The van der Waals surface area contributed by atoms with E-state index in [4.69, 9.17) is 49.2 Å². The molecule has 0 aromatic rings. The fourth-order valence-electron chi connectivity index (χ4n) is 1.30. The summed E-state index contributed by atoms with van der Waals surface area (Å²) in [5.74, 6) is -0.280. The third-order valence-corrected chi connectivity index (χ3v) is 5.70. The van der Waals surface area contributed by atoms with Crippen LogP contribution in [0.4, 0.5) is 0 Å². The Balaban J connectivity index is 4.49. The van der Waals surface area contributed by atoms with E-state index < -0.39 is 8.80 Å². The van der Waals surface area contributed by atoms with Crippen LogP contribution in [0.1, 0.15) is 6.42 Å². The zero-order valence-corrected chi connectivity index (χ0v) is 12.3. The first-order valence-corrected chi connectivity index (χ1v) is 7.41. The van der Waals surface area contributed by atoms with E-state index in [9.17, 15) is 0 Å². The van der Waals surface area contributed by atoms with Crippen molar-refractivity contribution in [1.29, 1.82) is 0 Å². The first-order chi connectivity index (χ1) is 7.42. The lowest BCUT2D eigenvalue weighted by Crippen LogP contribution is -2.44. The van der Waals surface area contributed by atoms with E-state index in [0.29, 0.717) is 22.4 Å². The van der Waals surface area contributed by atoms with Crippen LogP contribution in [0.15, 0.2) is 0 Å². The minimum absolute atomic E-state index is 0.280. The van der Waals surface area contributed by atoms with Gasteiger partial charge in [0.2, 0.25) is 0 Å². The first kappa shape index (κ1) is 15.9. The monoisotopic (exact) mass is 282 g/mol.